The Hall–Kier alpha value is -2.57. The summed E-state index contributed by atoms with van der Waals surface area (Å²) in [5.74, 6) is -1.44. The Bertz CT molecular complexity index is 1010. The van der Waals surface area contributed by atoms with E-state index in [9.17, 15) is 14.7 Å². The Morgan fingerprint density at radius 1 is 1.21 bits per heavy atom. The molecule has 1 aliphatic heterocycles. The predicted molar refractivity (Wildman–Crippen MR) is 114 cm³/mol. The number of rotatable bonds is 5. The number of aryl methyl sites for hydroxylation is 2. The zero-order valence-corrected chi connectivity index (χ0v) is 18.1. The fraction of sp³-hybridized carbons (Fsp3) is 0.364. The number of amides is 1. The van der Waals surface area contributed by atoms with Crippen molar-refractivity contribution in [1.82, 2.24) is 14.8 Å². The Morgan fingerprint density at radius 3 is 2.45 bits per heavy atom. The number of Topliss-reactive ketones (excluding diaryl/α,β-unsaturated/α-hetero) is 1. The third-order valence-corrected chi connectivity index (χ3v) is 5.65. The molecule has 29 heavy (non-hydrogen) atoms. The highest BCUT2D eigenvalue weighted by Crippen LogP contribution is 2.41. The first-order chi connectivity index (χ1) is 13.6. The van der Waals surface area contributed by atoms with Crippen LogP contribution >= 0.6 is 11.6 Å². The summed E-state index contributed by atoms with van der Waals surface area (Å²) in [7, 11) is 3.81. The molecular formula is C22H26ClN3O3. The first-order valence-corrected chi connectivity index (χ1v) is 9.86. The van der Waals surface area contributed by atoms with E-state index in [0.29, 0.717) is 29.2 Å². The number of carbonyl (C=O) groups excluding carboxylic acids is 2. The van der Waals surface area contributed by atoms with E-state index in [4.69, 9.17) is 11.6 Å². The van der Waals surface area contributed by atoms with Crippen LogP contribution in [-0.4, -0.2) is 58.8 Å². The Balaban J connectivity index is 2.22. The highest BCUT2D eigenvalue weighted by Gasteiger charge is 2.46. The van der Waals surface area contributed by atoms with E-state index in [-0.39, 0.29) is 11.3 Å². The van der Waals surface area contributed by atoms with Crippen LogP contribution in [0.2, 0.25) is 5.02 Å². The molecule has 154 valence electrons. The third-order valence-electron chi connectivity index (χ3n) is 5.42. The summed E-state index contributed by atoms with van der Waals surface area (Å²) in [5, 5.41) is 11.7. The fourth-order valence-corrected chi connectivity index (χ4v) is 4.04. The third kappa shape index (κ3) is 3.82. The number of hydrogen-bond donors (Lipinski definition) is 2. The summed E-state index contributed by atoms with van der Waals surface area (Å²) in [6.45, 7) is 6.57. The highest BCUT2D eigenvalue weighted by molar-refractivity contribution is 6.46. The van der Waals surface area contributed by atoms with Crippen LogP contribution in [0.5, 0.6) is 0 Å². The minimum absolute atomic E-state index is 0.0984. The van der Waals surface area contributed by atoms with Crippen molar-refractivity contribution in [2.24, 2.45) is 0 Å². The second-order valence-corrected chi connectivity index (χ2v) is 8.16. The minimum atomic E-state index is -0.692. The molecule has 0 bridgehead atoms. The van der Waals surface area contributed by atoms with E-state index < -0.39 is 17.7 Å². The first kappa shape index (κ1) is 21.1. The second kappa shape index (κ2) is 8.05. The van der Waals surface area contributed by atoms with Gasteiger partial charge in [-0.05, 0) is 58.1 Å². The summed E-state index contributed by atoms with van der Waals surface area (Å²) in [6.07, 6.45) is 0. The van der Waals surface area contributed by atoms with E-state index >= 15 is 0 Å². The maximum absolute atomic E-state index is 13.0. The van der Waals surface area contributed by atoms with Gasteiger partial charge in [-0.2, -0.15) is 0 Å². The average Bonchev–Trinajstić information content (AvgIpc) is 3.05. The number of aromatic nitrogens is 1. The number of likely N-dealkylation sites (N-methyl/N-ethyl adjacent to an activating group) is 1. The number of H-pyrrole nitrogens is 1. The van der Waals surface area contributed by atoms with Gasteiger partial charge in [-0.15, -0.1) is 0 Å². The van der Waals surface area contributed by atoms with Crippen LogP contribution in [0.3, 0.4) is 0 Å². The molecule has 3 rings (SSSR count). The van der Waals surface area contributed by atoms with Crippen LogP contribution in [0, 0.1) is 20.8 Å². The molecule has 2 aromatic rings. The number of ketones is 1. The van der Waals surface area contributed by atoms with E-state index in [2.05, 4.69) is 4.98 Å². The molecule has 1 fully saturated rings. The number of hydrogen-bond acceptors (Lipinski definition) is 4. The van der Waals surface area contributed by atoms with Crippen LogP contribution in [0.4, 0.5) is 0 Å². The SMILES string of the molecule is Cc1[nH]c(C)c(/C(O)=C2\C(=O)C(=O)N(CCN(C)C)C2c2cccc(Cl)c2)c1C. The number of likely N-dealkylation sites (tertiary alicyclic amines) is 1. The number of nitrogens with zero attached hydrogens (tertiary/aromatic N) is 2. The van der Waals surface area contributed by atoms with Gasteiger partial charge in [0.1, 0.15) is 5.76 Å². The number of benzene rings is 1. The van der Waals surface area contributed by atoms with Gasteiger partial charge in [0.2, 0.25) is 0 Å². The zero-order valence-electron chi connectivity index (χ0n) is 17.3. The number of aliphatic hydroxyl groups excluding tert-OH is 1. The van der Waals surface area contributed by atoms with Gasteiger partial charge in [-0.25, -0.2) is 0 Å². The maximum atomic E-state index is 13.0. The summed E-state index contributed by atoms with van der Waals surface area (Å²) in [6, 6.07) is 6.38. The van der Waals surface area contributed by atoms with E-state index in [1.54, 1.807) is 18.2 Å². The second-order valence-electron chi connectivity index (χ2n) is 7.73. The standard InChI is InChI=1S/C22H26ClN3O3/c1-12-13(2)24-14(3)17(12)20(27)18-19(15-7-6-8-16(23)11-15)26(10-9-25(4)5)22(29)21(18)28/h6-8,11,19,24,27H,9-10H2,1-5H3/b20-18+. The van der Waals surface area contributed by atoms with Crippen molar-refractivity contribution in [3.63, 3.8) is 0 Å². The molecule has 1 saturated heterocycles. The van der Waals surface area contributed by atoms with Gasteiger partial charge >= 0.3 is 0 Å². The van der Waals surface area contributed by atoms with Gasteiger partial charge in [-0.1, -0.05) is 23.7 Å². The van der Waals surface area contributed by atoms with Crippen molar-refractivity contribution >= 4 is 29.1 Å². The van der Waals surface area contributed by atoms with Crippen molar-refractivity contribution in [2.45, 2.75) is 26.8 Å². The molecule has 1 aromatic carbocycles. The van der Waals surface area contributed by atoms with Crippen LogP contribution < -0.4 is 0 Å². The van der Waals surface area contributed by atoms with Crippen molar-refractivity contribution in [3.05, 3.63) is 62.9 Å². The lowest BCUT2D eigenvalue weighted by atomic mass is 9.94. The topological polar surface area (TPSA) is 76.6 Å². The van der Waals surface area contributed by atoms with Crippen LogP contribution in [0.1, 0.15) is 34.1 Å². The number of aromatic amines is 1. The molecule has 1 unspecified atom stereocenters. The van der Waals surface area contributed by atoms with Crippen LogP contribution in [0.15, 0.2) is 29.8 Å². The Labute approximate surface area is 175 Å². The quantitative estimate of drug-likeness (QED) is 0.444. The first-order valence-electron chi connectivity index (χ1n) is 9.48. The number of nitrogens with one attached hydrogen (secondary N) is 1. The number of aliphatic hydroxyl groups is 1. The Kier molecular flexibility index (Phi) is 5.87. The highest BCUT2D eigenvalue weighted by atomic mass is 35.5. The average molecular weight is 416 g/mol. The van der Waals surface area contributed by atoms with E-state index in [1.165, 1.54) is 4.90 Å². The lowest BCUT2D eigenvalue weighted by molar-refractivity contribution is -0.140. The van der Waals surface area contributed by atoms with Gasteiger partial charge in [-0.3, -0.25) is 9.59 Å². The van der Waals surface area contributed by atoms with Gasteiger partial charge in [0.25, 0.3) is 11.7 Å². The monoisotopic (exact) mass is 415 g/mol. The molecule has 1 aromatic heterocycles. The largest absolute Gasteiger partial charge is 0.507 e. The summed E-state index contributed by atoms with van der Waals surface area (Å²) in [5.41, 5.74) is 3.87. The fourth-order valence-electron chi connectivity index (χ4n) is 3.84. The maximum Gasteiger partial charge on any atom is 0.295 e. The smallest absolute Gasteiger partial charge is 0.295 e. The summed E-state index contributed by atoms with van der Waals surface area (Å²) >= 11 is 6.19. The van der Waals surface area contributed by atoms with Crippen molar-refractivity contribution in [2.75, 3.05) is 27.2 Å². The molecular weight excluding hydrogens is 390 g/mol. The van der Waals surface area contributed by atoms with Crippen LogP contribution in [-0.2, 0) is 9.59 Å². The molecule has 0 radical (unpaired) electrons. The lowest BCUT2D eigenvalue weighted by Crippen LogP contribution is -2.35. The van der Waals surface area contributed by atoms with E-state index in [1.807, 2.05) is 45.8 Å². The summed E-state index contributed by atoms with van der Waals surface area (Å²) in [4.78, 5) is 32.5. The minimum Gasteiger partial charge on any atom is -0.507 e. The normalized spacial score (nSPS) is 18.9. The van der Waals surface area contributed by atoms with Gasteiger partial charge < -0.3 is 19.9 Å². The van der Waals surface area contributed by atoms with Crippen LogP contribution in [0.25, 0.3) is 5.76 Å². The molecule has 2 heterocycles. The molecule has 1 atom stereocenters. The van der Waals surface area contributed by atoms with Crippen molar-refractivity contribution < 1.29 is 14.7 Å². The lowest BCUT2D eigenvalue weighted by Gasteiger charge is -2.26. The van der Waals surface area contributed by atoms with Crippen molar-refractivity contribution in [1.29, 1.82) is 0 Å². The Morgan fingerprint density at radius 2 is 1.90 bits per heavy atom. The summed E-state index contributed by atoms with van der Waals surface area (Å²) < 4.78 is 0. The number of halogens is 1. The molecule has 0 saturated carbocycles. The van der Waals surface area contributed by atoms with Gasteiger partial charge in [0.05, 0.1) is 11.6 Å². The zero-order chi connectivity index (χ0) is 21.5. The van der Waals surface area contributed by atoms with E-state index in [0.717, 1.165) is 17.0 Å². The predicted octanol–water partition coefficient (Wildman–Crippen LogP) is 3.58. The molecule has 6 nitrogen and oxygen atoms in total. The number of carbonyl (C=O) groups is 2. The molecule has 1 aliphatic rings. The van der Waals surface area contributed by atoms with Crippen molar-refractivity contribution in [3.8, 4) is 0 Å². The van der Waals surface area contributed by atoms with Gasteiger partial charge in [0.15, 0.2) is 0 Å². The molecule has 1 amide bonds. The molecule has 7 heteroatoms. The molecule has 0 aliphatic carbocycles. The van der Waals surface area contributed by atoms with Gasteiger partial charge in [0, 0.05) is 35.1 Å². The molecule has 2 N–H and O–H groups in total. The molecule has 0 spiro atoms.